The van der Waals surface area contributed by atoms with Crippen molar-refractivity contribution in [2.75, 3.05) is 0 Å². The lowest BCUT2D eigenvalue weighted by atomic mass is 10.0. The van der Waals surface area contributed by atoms with Gasteiger partial charge in [0, 0.05) is 6.42 Å². The standard InChI is InChI=1S/C20H26N2O2/c1-2-3-4-5-6-14-19(23)21-22-20(24)15-17-12-9-11-16-10-7-8-13-18(16)17/h7-13H,2-6,14-15H2,1H3,(H,21,23)(H,22,24). The predicted molar refractivity (Wildman–Crippen MR) is 97.3 cm³/mol. The van der Waals surface area contributed by atoms with Crippen LogP contribution in [0.3, 0.4) is 0 Å². The molecule has 128 valence electrons. The molecule has 0 aliphatic heterocycles. The predicted octanol–water partition coefficient (Wildman–Crippen LogP) is 3.89. The number of amides is 2. The summed E-state index contributed by atoms with van der Waals surface area (Å²) in [5.41, 5.74) is 5.97. The Morgan fingerprint density at radius 1 is 0.833 bits per heavy atom. The van der Waals surface area contributed by atoms with Crippen molar-refractivity contribution >= 4 is 22.6 Å². The first-order valence-corrected chi connectivity index (χ1v) is 8.75. The maximum absolute atomic E-state index is 12.0. The number of unbranched alkanes of at least 4 members (excludes halogenated alkanes) is 4. The van der Waals surface area contributed by atoms with Gasteiger partial charge < -0.3 is 0 Å². The highest BCUT2D eigenvalue weighted by atomic mass is 16.2. The molecule has 0 aromatic heterocycles. The van der Waals surface area contributed by atoms with Crippen molar-refractivity contribution in [2.24, 2.45) is 0 Å². The number of nitrogens with one attached hydrogen (secondary N) is 2. The van der Waals surface area contributed by atoms with Gasteiger partial charge in [-0.2, -0.15) is 0 Å². The summed E-state index contributed by atoms with van der Waals surface area (Å²) in [6, 6.07) is 13.9. The molecule has 4 nitrogen and oxygen atoms in total. The molecule has 2 rings (SSSR count). The molecule has 2 aromatic rings. The molecule has 0 unspecified atom stereocenters. The maximum atomic E-state index is 12.0. The molecule has 0 heterocycles. The van der Waals surface area contributed by atoms with E-state index in [1.807, 2.05) is 42.5 Å². The van der Waals surface area contributed by atoms with Crippen LogP contribution in [-0.2, 0) is 16.0 Å². The fraction of sp³-hybridized carbons (Fsp3) is 0.400. The minimum absolute atomic E-state index is 0.127. The largest absolute Gasteiger partial charge is 0.273 e. The Labute approximate surface area is 143 Å². The molecule has 0 fully saturated rings. The average molecular weight is 326 g/mol. The zero-order chi connectivity index (χ0) is 17.2. The Morgan fingerprint density at radius 3 is 2.38 bits per heavy atom. The second kappa shape index (κ2) is 9.71. The van der Waals surface area contributed by atoms with Crippen LogP contribution in [0.15, 0.2) is 42.5 Å². The van der Waals surface area contributed by atoms with Crippen molar-refractivity contribution in [2.45, 2.75) is 51.9 Å². The quantitative estimate of drug-likeness (QED) is 0.571. The highest BCUT2D eigenvalue weighted by Crippen LogP contribution is 2.18. The molecule has 0 saturated carbocycles. The van der Waals surface area contributed by atoms with Crippen LogP contribution in [0.4, 0.5) is 0 Å². The van der Waals surface area contributed by atoms with Gasteiger partial charge in [-0.15, -0.1) is 0 Å². The number of hydrogen-bond donors (Lipinski definition) is 2. The van der Waals surface area contributed by atoms with E-state index >= 15 is 0 Å². The Balaban J connectivity index is 1.76. The Morgan fingerprint density at radius 2 is 1.54 bits per heavy atom. The first kappa shape index (κ1) is 18.0. The van der Waals surface area contributed by atoms with Gasteiger partial charge in [-0.3, -0.25) is 20.4 Å². The zero-order valence-corrected chi connectivity index (χ0v) is 14.3. The summed E-state index contributed by atoms with van der Waals surface area (Å²) in [5, 5.41) is 2.18. The summed E-state index contributed by atoms with van der Waals surface area (Å²) in [5.74, 6) is -0.330. The summed E-state index contributed by atoms with van der Waals surface area (Å²) in [7, 11) is 0. The molecule has 2 aromatic carbocycles. The Kier molecular flexibility index (Phi) is 7.27. The van der Waals surface area contributed by atoms with Gasteiger partial charge in [0.05, 0.1) is 6.42 Å². The van der Waals surface area contributed by atoms with Gasteiger partial charge in [0.1, 0.15) is 0 Å². The molecule has 0 radical (unpaired) electrons. The van der Waals surface area contributed by atoms with E-state index in [0.717, 1.165) is 35.6 Å². The first-order valence-electron chi connectivity index (χ1n) is 8.75. The number of fused-ring (bicyclic) bond motifs is 1. The van der Waals surface area contributed by atoms with E-state index in [0.29, 0.717) is 6.42 Å². The van der Waals surface area contributed by atoms with Crippen molar-refractivity contribution < 1.29 is 9.59 Å². The number of benzene rings is 2. The number of carbonyl (C=O) groups is 2. The van der Waals surface area contributed by atoms with Crippen LogP contribution in [0.25, 0.3) is 10.8 Å². The highest BCUT2D eigenvalue weighted by molar-refractivity contribution is 5.90. The van der Waals surface area contributed by atoms with E-state index in [4.69, 9.17) is 0 Å². The van der Waals surface area contributed by atoms with E-state index < -0.39 is 0 Å². The van der Waals surface area contributed by atoms with Crippen LogP contribution >= 0.6 is 0 Å². The van der Waals surface area contributed by atoms with Gasteiger partial charge in [0.25, 0.3) is 0 Å². The third-order valence-corrected chi connectivity index (χ3v) is 4.08. The lowest BCUT2D eigenvalue weighted by Crippen LogP contribution is -2.42. The molecule has 0 aliphatic rings. The van der Waals surface area contributed by atoms with Crippen LogP contribution in [0.1, 0.15) is 51.0 Å². The lowest BCUT2D eigenvalue weighted by Gasteiger charge is -2.09. The van der Waals surface area contributed by atoms with E-state index in [1.54, 1.807) is 0 Å². The third-order valence-electron chi connectivity index (χ3n) is 4.08. The van der Waals surface area contributed by atoms with Gasteiger partial charge in [-0.05, 0) is 22.8 Å². The van der Waals surface area contributed by atoms with Crippen molar-refractivity contribution in [1.29, 1.82) is 0 Å². The molecular weight excluding hydrogens is 300 g/mol. The summed E-state index contributed by atoms with van der Waals surface area (Å²) in [4.78, 5) is 23.8. The smallest absolute Gasteiger partial charge is 0.242 e. The number of hydrogen-bond acceptors (Lipinski definition) is 2. The monoisotopic (exact) mass is 326 g/mol. The SMILES string of the molecule is CCCCCCCC(=O)NNC(=O)Cc1cccc2ccccc12. The second-order valence-corrected chi connectivity index (χ2v) is 6.08. The van der Waals surface area contributed by atoms with Crippen LogP contribution in [0.5, 0.6) is 0 Å². The minimum Gasteiger partial charge on any atom is -0.273 e. The Hall–Kier alpha value is -2.36. The summed E-state index contributed by atoms with van der Waals surface area (Å²) < 4.78 is 0. The molecule has 0 saturated heterocycles. The lowest BCUT2D eigenvalue weighted by molar-refractivity contribution is -0.128. The van der Waals surface area contributed by atoms with Crippen molar-refractivity contribution in [3.63, 3.8) is 0 Å². The molecule has 2 amide bonds. The number of rotatable bonds is 8. The number of carbonyl (C=O) groups excluding carboxylic acids is 2. The molecule has 0 aliphatic carbocycles. The minimum atomic E-state index is -0.203. The average Bonchev–Trinajstić information content (AvgIpc) is 2.60. The van der Waals surface area contributed by atoms with Gasteiger partial charge in [0.2, 0.25) is 11.8 Å². The van der Waals surface area contributed by atoms with Crippen molar-refractivity contribution in [3.8, 4) is 0 Å². The third kappa shape index (κ3) is 5.69. The van der Waals surface area contributed by atoms with Gasteiger partial charge in [-0.1, -0.05) is 75.1 Å². The Bertz CT molecular complexity index is 677. The highest BCUT2D eigenvalue weighted by Gasteiger charge is 2.08. The van der Waals surface area contributed by atoms with Crippen LogP contribution < -0.4 is 10.9 Å². The van der Waals surface area contributed by atoms with E-state index in [9.17, 15) is 9.59 Å². The summed E-state index contributed by atoms with van der Waals surface area (Å²) in [6.07, 6.45) is 6.20. The summed E-state index contributed by atoms with van der Waals surface area (Å²) >= 11 is 0. The van der Waals surface area contributed by atoms with E-state index in [1.165, 1.54) is 12.8 Å². The molecular formula is C20H26N2O2. The fourth-order valence-corrected chi connectivity index (χ4v) is 2.75. The first-order chi connectivity index (χ1) is 11.7. The van der Waals surface area contributed by atoms with Crippen molar-refractivity contribution in [3.05, 3.63) is 48.0 Å². The maximum Gasteiger partial charge on any atom is 0.242 e. The molecule has 24 heavy (non-hydrogen) atoms. The van der Waals surface area contributed by atoms with Crippen molar-refractivity contribution in [1.82, 2.24) is 10.9 Å². The molecule has 0 spiro atoms. The number of hydrazine groups is 1. The van der Waals surface area contributed by atoms with E-state index in [-0.39, 0.29) is 18.2 Å². The fourth-order valence-electron chi connectivity index (χ4n) is 2.75. The second-order valence-electron chi connectivity index (χ2n) is 6.08. The topological polar surface area (TPSA) is 58.2 Å². The van der Waals surface area contributed by atoms with Crippen LogP contribution in [0.2, 0.25) is 0 Å². The summed E-state index contributed by atoms with van der Waals surface area (Å²) in [6.45, 7) is 2.16. The molecule has 4 heteroatoms. The van der Waals surface area contributed by atoms with E-state index in [2.05, 4.69) is 17.8 Å². The molecule has 2 N–H and O–H groups in total. The molecule has 0 bridgehead atoms. The normalized spacial score (nSPS) is 10.5. The van der Waals surface area contributed by atoms with Gasteiger partial charge in [-0.25, -0.2) is 0 Å². The van der Waals surface area contributed by atoms with Crippen LogP contribution in [0, 0.1) is 0 Å². The van der Waals surface area contributed by atoms with Crippen LogP contribution in [-0.4, -0.2) is 11.8 Å². The molecule has 0 atom stereocenters. The van der Waals surface area contributed by atoms with Gasteiger partial charge in [0.15, 0.2) is 0 Å². The van der Waals surface area contributed by atoms with Gasteiger partial charge >= 0.3 is 0 Å². The zero-order valence-electron chi connectivity index (χ0n) is 14.3.